The molecule has 0 atom stereocenters. The predicted octanol–water partition coefficient (Wildman–Crippen LogP) is -0.307. The van der Waals surface area contributed by atoms with Gasteiger partial charge in [-0.15, -0.1) is 0 Å². The standard InChI is InChI=1S/C18H24N4O5/c23-15-5-1-7-20(15)8-3-6-19-16(24)18(26)22-11-9-21(10-12-22)17(25)14-4-2-13-27-14/h2,4,13H,1,3,5-12H2,(H,19,24). The number of nitrogens with zero attached hydrogens (tertiary/aromatic N) is 3. The van der Waals surface area contributed by atoms with Crippen LogP contribution in [-0.4, -0.2) is 84.1 Å². The lowest BCUT2D eigenvalue weighted by Gasteiger charge is -2.33. The molecule has 27 heavy (non-hydrogen) atoms. The van der Waals surface area contributed by atoms with Crippen LogP contribution in [0.1, 0.15) is 29.8 Å². The number of amides is 4. The molecule has 4 amide bonds. The molecule has 0 unspecified atom stereocenters. The van der Waals surface area contributed by atoms with E-state index in [1.54, 1.807) is 21.9 Å². The van der Waals surface area contributed by atoms with Gasteiger partial charge in [-0.3, -0.25) is 19.2 Å². The van der Waals surface area contributed by atoms with Crippen molar-refractivity contribution in [3.8, 4) is 0 Å². The summed E-state index contributed by atoms with van der Waals surface area (Å²) in [6.07, 6.45) is 3.55. The Balaban J connectivity index is 1.36. The highest BCUT2D eigenvalue weighted by molar-refractivity contribution is 6.35. The van der Waals surface area contributed by atoms with Crippen LogP contribution in [0.15, 0.2) is 22.8 Å². The maximum absolute atomic E-state index is 12.2. The lowest BCUT2D eigenvalue weighted by molar-refractivity contribution is -0.146. The molecule has 0 radical (unpaired) electrons. The van der Waals surface area contributed by atoms with E-state index in [4.69, 9.17) is 4.42 Å². The Labute approximate surface area is 157 Å². The smallest absolute Gasteiger partial charge is 0.312 e. The summed E-state index contributed by atoms with van der Waals surface area (Å²) >= 11 is 0. The second kappa shape index (κ2) is 8.70. The third-order valence-corrected chi connectivity index (χ3v) is 4.84. The van der Waals surface area contributed by atoms with Crippen LogP contribution < -0.4 is 5.32 Å². The van der Waals surface area contributed by atoms with Crippen molar-refractivity contribution in [1.82, 2.24) is 20.0 Å². The minimum atomic E-state index is -0.645. The molecule has 9 heteroatoms. The van der Waals surface area contributed by atoms with Crippen LogP contribution >= 0.6 is 0 Å². The van der Waals surface area contributed by atoms with E-state index in [1.165, 1.54) is 11.2 Å². The summed E-state index contributed by atoms with van der Waals surface area (Å²) in [6.45, 7) is 3.05. The molecular formula is C18H24N4O5. The van der Waals surface area contributed by atoms with Crippen LogP contribution in [0, 0.1) is 0 Å². The van der Waals surface area contributed by atoms with E-state index in [0.29, 0.717) is 52.1 Å². The monoisotopic (exact) mass is 376 g/mol. The Morgan fingerprint density at radius 1 is 1.07 bits per heavy atom. The van der Waals surface area contributed by atoms with Crippen molar-refractivity contribution in [2.45, 2.75) is 19.3 Å². The third kappa shape index (κ3) is 4.66. The van der Waals surface area contributed by atoms with Crippen LogP contribution in [0.5, 0.6) is 0 Å². The van der Waals surface area contributed by atoms with E-state index < -0.39 is 11.8 Å². The van der Waals surface area contributed by atoms with Gasteiger partial charge in [0.15, 0.2) is 5.76 Å². The molecule has 0 aromatic carbocycles. The molecule has 3 heterocycles. The summed E-state index contributed by atoms with van der Waals surface area (Å²) < 4.78 is 5.10. The van der Waals surface area contributed by atoms with Crippen LogP contribution in [0.2, 0.25) is 0 Å². The van der Waals surface area contributed by atoms with Gasteiger partial charge in [-0.25, -0.2) is 0 Å². The topological polar surface area (TPSA) is 103 Å². The van der Waals surface area contributed by atoms with Crippen molar-refractivity contribution in [3.63, 3.8) is 0 Å². The van der Waals surface area contributed by atoms with Crippen molar-refractivity contribution in [1.29, 1.82) is 0 Å². The zero-order valence-corrected chi connectivity index (χ0v) is 15.2. The van der Waals surface area contributed by atoms with Crippen LogP contribution in [-0.2, 0) is 14.4 Å². The first-order valence-electron chi connectivity index (χ1n) is 9.24. The summed E-state index contributed by atoms with van der Waals surface area (Å²) in [7, 11) is 0. The summed E-state index contributed by atoms with van der Waals surface area (Å²) in [5.41, 5.74) is 0. The first-order valence-corrected chi connectivity index (χ1v) is 9.24. The number of rotatable bonds is 5. The Morgan fingerprint density at radius 2 is 1.81 bits per heavy atom. The lowest BCUT2D eigenvalue weighted by atomic mass is 10.2. The van der Waals surface area contributed by atoms with Crippen LogP contribution in [0.3, 0.4) is 0 Å². The zero-order chi connectivity index (χ0) is 19.2. The molecule has 0 bridgehead atoms. The average Bonchev–Trinajstić information content (AvgIpc) is 3.36. The van der Waals surface area contributed by atoms with Crippen molar-refractivity contribution in [3.05, 3.63) is 24.2 Å². The van der Waals surface area contributed by atoms with Crippen molar-refractivity contribution in [2.24, 2.45) is 0 Å². The molecule has 1 aromatic rings. The van der Waals surface area contributed by atoms with Gasteiger partial charge in [0.1, 0.15) is 0 Å². The van der Waals surface area contributed by atoms with Gasteiger partial charge >= 0.3 is 11.8 Å². The summed E-state index contributed by atoms with van der Waals surface area (Å²) in [5.74, 6) is -1.03. The fraction of sp³-hybridized carbons (Fsp3) is 0.556. The average molecular weight is 376 g/mol. The van der Waals surface area contributed by atoms with E-state index in [-0.39, 0.29) is 17.6 Å². The molecule has 146 valence electrons. The van der Waals surface area contributed by atoms with Gasteiger partial charge < -0.3 is 24.4 Å². The second-order valence-corrected chi connectivity index (χ2v) is 6.66. The van der Waals surface area contributed by atoms with E-state index in [1.807, 2.05) is 0 Å². The molecule has 2 aliphatic rings. The van der Waals surface area contributed by atoms with Crippen LogP contribution in [0.4, 0.5) is 0 Å². The number of furan rings is 1. The Hall–Kier alpha value is -2.84. The molecule has 1 N–H and O–H groups in total. The minimum absolute atomic E-state index is 0.152. The maximum Gasteiger partial charge on any atom is 0.312 e. The molecule has 2 aliphatic heterocycles. The highest BCUT2D eigenvalue weighted by Gasteiger charge is 2.29. The van der Waals surface area contributed by atoms with Gasteiger partial charge in [-0.2, -0.15) is 0 Å². The summed E-state index contributed by atoms with van der Waals surface area (Å²) in [6, 6.07) is 3.25. The van der Waals surface area contributed by atoms with Crippen molar-refractivity contribution in [2.75, 3.05) is 45.8 Å². The molecule has 3 rings (SSSR count). The highest BCUT2D eigenvalue weighted by atomic mass is 16.3. The van der Waals surface area contributed by atoms with E-state index in [0.717, 1.165) is 13.0 Å². The fourth-order valence-electron chi connectivity index (χ4n) is 3.30. The number of likely N-dealkylation sites (tertiary alicyclic amines) is 1. The molecule has 2 saturated heterocycles. The summed E-state index contributed by atoms with van der Waals surface area (Å²) in [5, 5.41) is 2.61. The second-order valence-electron chi connectivity index (χ2n) is 6.66. The molecule has 0 saturated carbocycles. The number of hydrogen-bond donors (Lipinski definition) is 1. The van der Waals surface area contributed by atoms with Gasteiger partial charge in [-0.05, 0) is 25.0 Å². The largest absolute Gasteiger partial charge is 0.459 e. The first kappa shape index (κ1) is 18.9. The van der Waals surface area contributed by atoms with E-state index >= 15 is 0 Å². The van der Waals surface area contributed by atoms with Gasteiger partial charge in [0.2, 0.25) is 5.91 Å². The first-order chi connectivity index (χ1) is 13.1. The van der Waals surface area contributed by atoms with Gasteiger partial charge in [0.25, 0.3) is 5.91 Å². The number of carbonyl (C=O) groups excluding carboxylic acids is 4. The summed E-state index contributed by atoms with van der Waals surface area (Å²) in [4.78, 5) is 52.8. The molecular weight excluding hydrogens is 352 g/mol. The third-order valence-electron chi connectivity index (χ3n) is 4.84. The maximum atomic E-state index is 12.2. The molecule has 2 fully saturated rings. The minimum Gasteiger partial charge on any atom is -0.459 e. The number of carbonyl (C=O) groups is 4. The Morgan fingerprint density at radius 3 is 2.44 bits per heavy atom. The Kier molecular flexibility index (Phi) is 6.10. The fourth-order valence-corrected chi connectivity index (χ4v) is 3.30. The van der Waals surface area contributed by atoms with Gasteiger partial charge in [-0.1, -0.05) is 0 Å². The zero-order valence-electron chi connectivity index (χ0n) is 15.2. The van der Waals surface area contributed by atoms with E-state index in [9.17, 15) is 19.2 Å². The lowest BCUT2D eigenvalue weighted by Crippen LogP contribution is -2.54. The van der Waals surface area contributed by atoms with Crippen molar-refractivity contribution >= 4 is 23.6 Å². The number of nitrogens with one attached hydrogen (secondary N) is 1. The van der Waals surface area contributed by atoms with Crippen LogP contribution in [0.25, 0.3) is 0 Å². The number of hydrogen-bond acceptors (Lipinski definition) is 5. The molecule has 1 aromatic heterocycles. The molecule has 0 aliphatic carbocycles. The highest BCUT2D eigenvalue weighted by Crippen LogP contribution is 2.10. The van der Waals surface area contributed by atoms with Crippen molar-refractivity contribution < 1.29 is 23.6 Å². The van der Waals surface area contributed by atoms with Gasteiger partial charge in [0.05, 0.1) is 6.26 Å². The normalized spacial score (nSPS) is 17.3. The predicted molar refractivity (Wildman–Crippen MR) is 94.6 cm³/mol. The van der Waals surface area contributed by atoms with E-state index in [2.05, 4.69) is 5.32 Å². The Bertz CT molecular complexity index is 695. The molecule has 0 spiro atoms. The quantitative estimate of drug-likeness (QED) is 0.561. The van der Waals surface area contributed by atoms with Gasteiger partial charge in [0, 0.05) is 52.2 Å². The number of piperazine rings is 1. The SMILES string of the molecule is O=C(NCCCN1CCCC1=O)C(=O)N1CCN(C(=O)c2ccco2)CC1. The molecule has 9 nitrogen and oxygen atoms in total.